The van der Waals surface area contributed by atoms with Crippen LogP contribution in [0.3, 0.4) is 0 Å². The SMILES string of the molecule is COc1nc2c(-c3c(C)ccc4ncccc34)cccc2[nH]1. The summed E-state index contributed by atoms with van der Waals surface area (Å²) in [6, 6.07) is 14.9. The second kappa shape index (κ2) is 4.84. The Kier molecular flexibility index (Phi) is 2.82. The van der Waals surface area contributed by atoms with E-state index < -0.39 is 0 Å². The van der Waals surface area contributed by atoms with Crippen molar-refractivity contribution in [2.24, 2.45) is 0 Å². The molecule has 4 aromatic rings. The van der Waals surface area contributed by atoms with Crippen LogP contribution in [-0.2, 0) is 0 Å². The highest BCUT2D eigenvalue weighted by molar-refractivity contribution is 6.03. The molecule has 0 aliphatic carbocycles. The monoisotopic (exact) mass is 289 g/mol. The molecule has 4 rings (SSSR count). The summed E-state index contributed by atoms with van der Waals surface area (Å²) in [5.41, 5.74) is 6.34. The Morgan fingerprint density at radius 3 is 2.82 bits per heavy atom. The van der Waals surface area contributed by atoms with Gasteiger partial charge in [-0.1, -0.05) is 24.3 Å². The first kappa shape index (κ1) is 12.8. The van der Waals surface area contributed by atoms with Crippen LogP contribution in [0.25, 0.3) is 33.1 Å². The first-order chi connectivity index (χ1) is 10.8. The van der Waals surface area contributed by atoms with Gasteiger partial charge in [-0.05, 0) is 36.2 Å². The number of aryl methyl sites for hydroxylation is 1. The highest BCUT2D eigenvalue weighted by Gasteiger charge is 2.14. The van der Waals surface area contributed by atoms with Crippen molar-refractivity contribution in [2.45, 2.75) is 6.92 Å². The lowest BCUT2D eigenvalue weighted by Gasteiger charge is -2.10. The highest BCUT2D eigenvalue weighted by atomic mass is 16.5. The van der Waals surface area contributed by atoms with Gasteiger partial charge in [0, 0.05) is 17.1 Å². The minimum Gasteiger partial charge on any atom is -0.468 e. The van der Waals surface area contributed by atoms with E-state index in [2.05, 4.69) is 46.1 Å². The van der Waals surface area contributed by atoms with E-state index in [1.807, 2.05) is 24.4 Å². The van der Waals surface area contributed by atoms with Crippen molar-refractivity contribution in [3.63, 3.8) is 0 Å². The number of nitrogens with zero attached hydrogens (tertiary/aromatic N) is 2. The van der Waals surface area contributed by atoms with Crippen LogP contribution in [0.15, 0.2) is 48.7 Å². The Labute approximate surface area is 127 Å². The van der Waals surface area contributed by atoms with E-state index in [0.717, 1.165) is 27.5 Å². The number of H-pyrrole nitrogens is 1. The second-order valence-corrected chi connectivity index (χ2v) is 5.28. The summed E-state index contributed by atoms with van der Waals surface area (Å²) in [5, 5.41) is 1.14. The molecule has 2 aromatic heterocycles. The maximum absolute atomic E-state index is 5.23. The molecule has 4 heteroatoms. The van der Waals surface area contributed by atoms with E-state index in [4.69, 9.17) is 4.74 Å². The molecule has 2 aromatic carbocycles. The molecule has 0 atom stereocenters. The average molecular weight is 289 g/mol. The van der Waals surface area contributed by atoms with E-state index in [1.165, 1.54) is 11.1 Å². The van der Waals surface area contributed by atoms with Crippen molar-refractivity contribution in [3.05, 3.63) is 54.2 Å². The maximum Gasteiger partial charge on any atom is 0.294 e. The van der Waals surface area contributed by atoms with Crippen molar-refractivity contribution in [1.29, 1.82) is 0 Å². The lowest BCUT2D eigenvalue weighted by atomic mass is 9.95. The summed E-state index contributed by atoms with van der Waals surface area (Å²) in [6.07, 6.45) is 1.82. The molecule has 0 saturated heterocycles. The maximum atomic E-state index is 5.23. The van der Waals surface area contributed by atoms with Crippen LogP contribution in [0.2, 0.25) is 0 Å². The van der Waals surface area contributed by atoms with E-state index in [-0.39, 0.29) is 0 Å². The van der Waals surface area contributed by atoms with Crippen LogP contribution in [0.5, 0.6) is 6.01 Å². The summed E-state index contributed by atoms with van der Waals surface area (Å²) < 4.78 is 5.23. The Morgan fingerprint density at radius 2 is 1.95 bits per heavy atom. The molecule has 0 amide bonds. The van der Waals surface area contributed by atoms with E-state index in [1.54, 1.807) is 7.11 Å². The summed E-state index contributed by atoms with van der Waals surface area (Å²) in [7, 11) is 1.62. The van der Waals surface area contributed by atoms with Crippen LogP contribution in [0.1, 0.15) is 5.56 Å². The summed E-state index contributed by atoms with van der Waals surface area (Å²) >= 11 is 0. The fourth-order valence-electron chi connectivity index (χ4n) is 2.93. The smallest absolute Gasteiger partial charge is 0.294 e. The third-order valence-corrected chi connectivity index (χ3v) is 3.95. The number of hydrogen-bond acceptors (Lipinski definition) is 3. The summed E-state index contributed by atoms with van der Waals surface area (Å²) in [6.45, 7) is 2.12. The molecule has 2 heterocycles. The van der Waals surface area contributed by atoms with Crippen molar-refractivity contribution in [2.75, 3.05) is 7.11 Å². The number of aromatic nitrogens is 3. The topological polar surface area (TPSA) is 50.8 Å². The highest BCUT2D eigenvalue weighted by Crippen LogP contribution is 2.35. The standard InChI is InChI=1S/C18H15N3O/c1-11-8-9-14-12(6-4-10-19-14)16(11)13-5-3-7-15-17(13)21-18(20-15)22-2/h3-10H,1-2H3,(H,20,21). The van der Waals surface area contributed by atoms with Gasteiger partial charge < -0.3 is 9.72 Å². The van der Waals surface area contributed by atoms with Gasteiger partial charge >= 0.3 is 0 Å². The van der Waals surface area contributed by atoms with Crippen molar-refractivity contribution < 1.29 is 4.74 Å². The van der Waals surface area contributed by atoms with Gasteiger partial charge in [0.15, 0.2) is 0 Å². The molecule has 108 valence electrons. The van der Waals surface area contributed by atoms with Gasteiger partial charge in [-0.3, -0.25) is 4.98 Å². The number of fused-ring (bicyclic) bond motifs is 2. The molecule has 0 radical (unpaired) electrons. The Balaban J connectivity index is 2.11. The predicted octanol–water partition coefficient (Wildman–Crippen LogP) is 4.10. The first-order valence-electron chi connectivity index (χ1n) is 7.15. The lowest BCUT2D eigenvalue weighted by Crippen LogP contribution is -1.89. The number of nitrogens with one attached hydrogen (secondary N) is 1. The molecular formula is C18H15N3O. The zero-order chi connectivity index (χ0) is 15.1. The van der Waals surface area contributed by atoms with E-state index in [9.17, 15) is 0 Å². The molecule has 0 unspecified atom stereocenters. The first-order valence-corrected chi connectivity index (χ1v) is 7.15. The zero-order valence-electron chi connectivity index (χ0n) is 12.4. The number of methoxy groups -OCH3 is 1. The number of para-hydroxylation sites is 1. The number of aromatic amines is 1. The van der Waals surface area contributed by atoms with Gasteiger partial charge in [0.05, 0.1) is 18.1 Å². The van der Waals surface area contributed by atoms with Gasteiger partial charge in [0.25, 0.3) is 6.01 Å². The molecule has 4 nitrogen and oxygen atoms in total. The van der Waals surface area contributed by atoms with Gasteiger partial charge in [-0.25, -0.2) is 0 Å². The summed E-state index contributed by atoms with van der Waals surface area (Å²) in [5.74, 6) is 0. The van der Waals surface area contributed by atoms with Crippen molar-refractivity contribution in [3.8, 4) is 17.1 Å². The fourth-order valence-corrected chi connectivity index (χ4v) is 2.93. The van der Waals surface area contributed by atoms with Gasteiger partial charge in [0.1, 0.15) is 5.52 Å². The number of benzene rings is 2. The predicted molar refractivity (Wildman–Crippen MR) is 88.1 cm³/mol. The minimum absolute atomic E-state index is 0.526. The van der Waals surface area contributed by atoms with Gasteiger partial charge in [0.2, 0.25) is 0 Å². The molecule has 0 bridgehead atoms. The Bertz CT molecular complexity index is 988. The third-order valence-electron chi connectivity index (χ3n) is 3.95. The van der Waals surface area contributed by atoms with Crippen LogP contribution >= 0.6 is 0 Å². The van der Waals surface area contributed by atoms with E-state index >= 15 is 0 Å². The molecular weight excluding hydrogens is 274 g/mol. The number of ether oxygens (including phenoxy) is 1. The molecule has 0 aliphatic heterocycles. The molecule has 0 saturated carbocycles. The second-order valence-electron chi connectivity index (χ2n) is 5.28. The van der Waals surface area contributed by atoms with Crippen molar-refractivity contribution >= 4 is 21.9 Å². The van der Waals surface area contributed by atoms with Crippen molar-refractivity contribution in [1.82, 2.24) is 15.0 Å². The zero-order valence-corrected chi connectivity index (χ0v) is 12.4. The fraction of sp³-hybridized carbons (Fsp3) is 0.111. The Morgan fingerprint density at radius 1 is 1.05 bits per heavy atom. The van der Waals surface area contributed by atoms with Gasteiger partial charge in [-0.15, -0.1) is 0 Å². The number of hydrogen-bond donors (Lipinski definition) is 1. The molecule has 0 fully saturated rings. The lowest BCUT2D eigenvalue weighted by molar-refractivity contribution is 0.386. The van der Waals surface area contributed by atoms with Crippen LogP contribution < -0.4 is 4.74 Å². The largest absolute Gasteiger partial charge is 0.468 e. The molecule has 22 heavy (non-hydrogen) atoms. The Hall–Kier alpha value is -2.88. The van der Waals surface area contributed by atoms with E-state index in [0.29, 0.717) is 6.01 Å². The molecule has 0 spiro atoms. The van der Waals surface area contributed by atoms with Crippen LogP contribution in [-0.4, -0.2) is 22.1 Å². The van der Waals surface area contributed by atoms with Crippen LogP contribution in [0, 0.1) is 6.92 Å². The number of rotatable bonds is 2. The number of pyridine rings is 1. The molecule has 0 aliphatic rings. The molecule has 1 N–H and O–H groups in total. The number of imidazole rings is 1. The third kappa shape index (κ3) is 1.84. The quantitative estimate of drug-likeness (QED) is 0.604. The minimum atomic E-state index is 0.526. The summed E-state index contributed by atoms with van der Waals surface area (Å²) in [4.78, 5) is 12.2. The average Bonchev–Trinajstić information content (AvgIpc) is 2.98. The normalized spacial score (nSPS) is 11.2. The van der Waals surface area contributed by atoms with Crippen LogP contribution in [0.4, 0.5) is 0 Å². The van der Waals surface area contributed by atoms with Gasteiger partial charge in [-0.2, -0.15) is 4.98 Å².